The number of carbonyl (C=O) groups excluding carboxylic acids is 1. The van der Waals surface area contributed by atoms with Gasteiger partial charge in [0.05, 0.1) is 18.9 Å². The van der Waals surface area contributed by atoms with Crippen molar-refractivity contribution in [3.8, 4) is 0 Å². The van der Waals surface area contributed by atoms with E-state index in [0.717, 1.165) is 6.42 Å². The molecule has 2 unspecified atom stereocenters. The summed E-state index contributed by atoms with van der Waals surface area (Å²) in [5.74, 6) is -0.329. The third kappa shape index (κ3) is 6.81. The van der Waals surface area contributed by atoms with Gasteiger partial charge in [-0.1, -0.05) is 13.3 Å². The minimum Gasteiger partial charge on any atom is -0.466 e. The largest absolute Gasteiger partial charge is 0.466 e. The Morgan fingerprint density at radius 1 is 1.24 bits per heavy atom. The molecule has 0 heterocycles. The molecule has 0 aromatic carbocycles. The van der Waals surface area contributed by atoms with E-state index >= 15 is 0 Å². The lowest BCUT2D eigenvalue weighted by Crippen LogP contribution is -2.14. The molecule has 6 heteroatoms. The van der Waals surface area contributed by atoms with Crippen molar-refractivity contribution in [3.05, 3.63) is 0 Å². The molecule has 0 radical (unpaired) electrons. The van der Waals surface area contributed by atoms with Gasteiger partial charge >= 0.3 is 13.6 Å². The van der Waals surface area contributed by atoms with Crippen LogP contribution in [0.5, 0.6) is 0 Å². The minimum atomic E-state index is -3.60. The molecule has 0 aromatic heterocycles. The van der Waals surface area contributed by atoms with Crippen molar-refractivity contribution < 1.29 is 23.5 Å². The first-order chi connectivity index (χ1) is 7.97. The highest BCUT2D eigenvalue weighted by molar-refractivity contribution is 7.53. The molecule has 0 saturated heterocycles. The molecule has 0 spiro atoms. The van der Waals surface area contributed by atoms with Gasteiger partial charge in [-0.25, -0.2) is 0 Å². The zero-order valence-corrected chi connectivity index (χ0v) is 11.7. The highest BCUT2D eigenvalue weighted by Crippen LogP contribution is 2.51. The van der Waals surface area contributed by atoms with Gasteiger partial charge in [0.15, 0.2) is 0 Å². The molecule has 0 saturated carbocycles. The number of hydrogen-bond acceptors (Lipinski definition) is 4. The molecular weight excluding hydrogens is 243 g/mol. The molecule has 0 rings (SSSR count). The standard InChI is InChI=1S/C11H23O5P/c1-4-7-10(17(13,14)16-6-3)8-9-11(12)15-5-2/h10H,4-9H2,1-3H3,(H,13,14). The zero-order valence-electron chi connectivity index (χ0n) is 10.8. The molecule has 0 aliphatic rings. The summed E-state index contributed by atoms with van der Waals surface area (Å²) in [6, 6.07) is 0. The second-order valence-electron chi connectivity index (χ2n) is 3.77. The molecule has 17 heavy (non-hydrogen) atoms. The van der Waals surface area contributed by atoms with Gasteiger partial charge in [0, 0.05) is 6.42 Å². The van der Waals surface area contributed by atoms with Crippen molar-refractivity contribution in [1.82, 2.24) is 0 Å². The lowest BCUT2D eigenvalue weighted by Gasteiger charge is -2.21. The van der Waals surface area contributed by atoms with Gasteiger partial charge in [0.2, 0.25) is 0 Å². The second kappa shape index (κ2) is 8.67. The quantitative estimate of drug-likeness (QED) is 0.513. The van der Waals surface area contributed by atoms with E-state index in [9.17, 15) is 14.3 Å². The lowest BCUT2D eigenvalue weighted by atomic mass is 10.1. The fraction of sp³-hybridized carbons (Fsp3) is 0.909. The summed E-state index contributed by atoms with van der Waals surface area (Å²) < 4.78 is 21.5. The van der Waals surface area contributed by atoms with Gasteiger partial charge in [-0.2, -0.15) is 0 Å². The number of hydrogen-bond donors (Lipinski definition) is 1. The molecule has 2 atom stereocenters. The SMILES string of the molecule is CCCC(CCC(=O)OCC)P(=O)(O)OCC. The molecule has 0 fully saturated rings. The van der Waals surface area contributed by atoms with Crippen LogP contribution in [0.4, 0.5) is 0 Å². The first-order valence-electron chi connectivity index (χ1n) is 6.10. The van der Waals surface area contributed by atoms with Crippen molar-refractivity contribution in [2.45, 2.75) is 52.1 Å². The maximum atomic E-state index is 11.9. The molecule has 1 N–H and O–H groups in total. The average Bonchev–Trinajstić information content (AvgIpc) is 2.24. The van der Waals surface area contributed by atoms with E-state index in [1.165, 1.54) is 0 Å². The van der Waals surface area contributed by atoms with Crippen LogP contribution in [0.15, 0.2) is 0 Å². The van der Waals surface area contributed by atoms with Crippen LogP contribution < -0.4 is 0 Å². The van der Waals surface area contributed by atoms with Crippen molar-refractivity contribution in [1.29, 1.82) is 0 Å². The maximum absolute atomic E-state index is 11.9. The maximum Gasteiger partial charge on any atom is 0.331 e. The van der Waals surface area contributed by atoms with Crippen LogP contribution in [-0.2, 0) is 18.6 Å². The Morgan fingerprint density at radius 3 is 2.35 bits per heavy atom. The van der Waals surface area contributed by atoms with Crippen molar-refractivity contribution in [3.63, 3.8) is 0 Å². The third-order valence-corrected chi connectivity index (χ3v) is 4.45. The normalized spacial score (nSPS) is 16.2. The fourth-order valence-electron chi connectivity index (χ4n) is 1.61. The molecule has 0 aromatic rings. The highest BCUT2D eigenvalue weighted by atomic mass is 31.2. The molecule has 0 amide bonds. The molecule has 0 aliphatic heterocycles. The Labute approximate surface area is 103 Å². The number of rotatable bonds is 9. The Bertz CT molecular complexity index is 267. The van der Waals surface area contributed by atoms with Crippen molar-refractivity contribution >= 4 is 13.6 Å². The first kappa shape index (κ1) is 16.6. The molecular formula is C11H23O5P. The first-order valence-corrected chi connectivity index (χ1v) is 7.75. The molecule has 102 valence electrons. The highest BCUT2D eigenvalue weighted by Gasteiger charge is 2.31. The van der Waals surface area contributed by atoms with Gasteiger partial charge in [-0.3, -0.25) is 9.36 Å². The summed E-state index contributed by atoms with van der Waals surface area (Å²) >= 11 is 0. The summed E-state index contributed by atoms with van der Waals surface area (Å²) in [5.41, 5.74) is -0.475. The summed E-state index contributed by atoms with van der Waals surface area (Å²) in [7, 11) is -3.60. The summed E-state index contributed by atoms with van der Waals surface area (Å²) in [6.45, 7) is 5.88. The van der Waals surface area contributed by atoms with Crippen LogP contribution in [-0.4, -0.2) is 29.7 Å². The van der Waals surface area contributed by atoms with Gasteiger partial charge in [-0.15, -0.1) is 0 Å². The fourth-order valence-corrected chi connectivity index (χ4v) is 3.23. The predicted octanol–water partition coefficient (Wildman–Crippen LogP) is 2.72. The van der Waals surface area contributed by atoms with Crippen LogP contribution >= 0.6 is 7.60 Å². The number of carbonyl (C=O) groups is 1. The van der Waals surface area contributed by atoms with E-state index < -0.39 is 13.3 Å². The van der Waals surface area contributed by atoms with Crippen LogP contribution in [0.25, 0.3) is 0 Å². The van der Waals surface area contributed by atoms with E-state index in [4.69, 9.17) is 9.26 Å². The Kier molecular flexibility index (Phi) is 8.48. The summed E-state index contributed by atoms with van der Waals surface area (Å²) in [4.78, 5) is 20.9. The molecule has 0 bridgehead atoms. The number of esters is 1. The van der Waals surface area contributed by atoms with Gasteiger partial charge < -0.3 is 14.2 Å². The summed E-state index contributed by atoms with van der Waals surface area (Å²) in [5, 5.41) is 0. The zero-order chi connectivity index (χ0) is 13.3. The predicted molar refractivity (Wildman–Crippen MR) is 66.0 cm³/mol. The van der Waals surface area contributed by atoms with Crippen LogP contribution in [0.2, 0.25) is 0 Å². The van der Waals surface area contributed by atoms with Crippen molar-refractivity contribution in [2.75, 3.05) is 13.2 Å². The van der Waals surface area contributed by atoms with E-state index in [-0.39, 0.29) is 19.0 Å². The lowest BCUT2D eigenvalue weighted by molar-refractivity contribution is -0.143. The Hall–Kier alpha value is -0.380. The van der Waals surface area contributed by atoms with Crippen LogP contribution in [0, 0.1) is 0 Å². The van der Waals surface area contributed by atoms with Gasteiger partial charge in [0.1, 0.15) is 0 Å². The van der Waals surface area contributed by atoms with E-state index in [0.29, 0.717) is 19.4 Å². The molecule has 0 aliphatic carbocycles. The smallest absolute Gasteiger partial charge is 0.331 e. The average molecular weight is 266 g/mol. The van der Waals surface area contributed by atoms with Gasteiger partial charge in [0.25, 0.3) is 0 Å². The molecule has 5 nitrogen and oxygen atoms in total. The Balaban J connectivity index is 4.33. The van der Waals surface area contributed by atoms with Crippen LogP contribution in [0.1, 0.15) is 46.5 Å². The number of ether oxygens (including phenoxy) is 1. The minimum absolute atomic E-state index is 0.163. The van der Waals surface area contributed by atoms with Crippen LogP contribution in [0.3, 0.4) is 0 Å². The van der Waals surface area contributed by atoms with Crippen molar-refractivity contribution in [2.24, 2.45) is 0 Å². The Morgan fingerprint density at radius 2 is 1.88 bits per heavy atom. The monoisotopic (exact) mass is 266 g/mol. The van der Waals surface area contributed by atoms with E-state index in [2.05, 4.69) is 0 Å². The van der Waals surface area contributed by atoms with E-state index in [1.807, 2.05) is 6.92 Å². The van der Waals surface area contributed by atoms with Gasteiger partial charge in [-0.05, 0) is 26.7 Å². The van der Waals surface area contributed by atoms with E-state index in [1.54, 1.807) is 13.8 Å². The second-order valence-corrected chi connectivity index (χ2v) is 5.88. The summed E-state index contributed by atoms with van der Waals surface area (Å²) in [6.07, 6.45) is 1.86. The third-order valence-electron chi connectivity index (χ3n) is 2.38. The topological polar surface area (TPSA) is 72.8 Å².